The summed E-state index contributed by atoms with van der Waals surface area (Å²) in [6, 6.07) is 12.7. The van der Waals surface area contributed by atoms with Crippen molar-refractivity contribution in [2.75, 3.05) is 6.61 Å². The first-order chi connectivity index (χ1) is 14.2. The molecule has 1 atom stereocenters. The zero-order valence-electron chi connectivity index (χ0n) is 19.0. The third-order valence-corrected chi connectivity index (χ3v) is 5.85. The number of hydrogen-bond acceptors (Lipinski definition) is 2. The van der Waals surface area contributed by atoms with Crippen LogP contribution in [0.1, 0.15) is 90.5 Å². The van der Waals surface area contributed by atoms with Crippen molar-refractivity contribution in [1.29, 1.82) is 0 Å². The first kappa shape index (κ1) is 23.4. The van der Waals surface area contributed by atoms with Crippen molar-refractivity contribution in [1.82, 2.24) is 4.98 Å². The van der Waals surface area contributed by atoms with Crippen LogP contribution in [0.2, 0.25) is 0 Å². The molecule has 29 heavy (non-hydrogen) atoms. The molecule has 0 saturated heterocycles. The molecule has 0 spiro atoms. The van der Waals surface area contributed by atoms with Gasteiger partial charge in [0.05, 0.1) is 12.3 Å². The van der Waals surface area contributed by atoms with Crippen LogP contribution in [0.5, 0.6) is 5.75 Å². The van der Waals surface area contributed by atoms with E-state index in [4.69, 9.17) is 4.74 Å². The van der Waals surface area contributed by atoms with Gasteiger partial charge in [-0.1, -0.05) is 84.3 Å². The maximum absolute atomic E-state index is 6.15. The Morgan fingerprint density at radius 1 is 0.897 bits per heavy atom. The Labute approximate surface area is 179 Å². The van der Waals surface area contributed by atoms with Crippen molar-refractivity contribution in [2.45, 2.75) is 91.4 Å². The second kappa shape index (κ2) is 14.2. The molecule has 1 aromatic carbocycles. The van der Waals surface area contributed by atoms with E-state index in [2.05, 4.69) is 62.2 Å². The summed E-state index contributed by atoms with van der Waals surface area (Å²) >= 11 is 0. The lowest BCUT2D eigenvalue weighted by atomic mass is 10.0. The van der Waals surface area contributed by atoms with Crippen LogP contribution in [0.25, 0.3) is 11.3 Å². The number of para-hydroxylation sites is 1. The Balaban J connectivity index is 1.86. The highest BCUT2D eigenvalue weighted by molar-refractivity contribution is 5.67. The van der Waals surface area contributed by atoms with Crippen LogP contribution < -0.4 is 4.74 Å². The molecule has 2 rings (SSSR count). The van der Waals surface area contributed by atoms with Gasteiger partial charge in [-0.05, 0) is 55.0 Å². The quantitative estimate of drug-likeness (QED) is 0.283. The Kier molecular flexibility index (Phi) is 11.5. The minimum absolute atomic E-state index is 0.786. The topological polar surface area (TPSA) is 22.1 Å². The molecule has 0 saturated carbocycles. The minimum atomic E-state index is 0.786. The van der Waals surface area contributed by atoms with Gasteiger partial charge in [0.15, 0.2) is 0 Å². The number of aryl methyl sites for hydroxylation is 1. The van der Waals surface area contributed by atoms with Crippen molar-refractivity contribution in [2.24, 2.45) is 5.92 Å². The fraction of sp³-hybridized carbons (Fsp3) is 0.593. The van der Waals surface area contributed by atoms with Gasteiger partial charge in [-0.25, -0.2) is 0 Å². The molecular formula is C27H41NO. The predicted molar refractivity (Wildman–Crippen MR) is 126 cm³/mol. The molecule has 2 heteroatoms. The molecule has 0 aliphatic rings. The minimum Gasteiger partial charge on any atom is -0.493 e. The van der Waals surface area contributed by atoms with Crippen molar-refractivity contribution in [3.8, 4) is 17.0 Å². The van der Waals surface area contributed by atoms with Gasteiger partial charge in [0.1, 0.15) is 5.75 Å². The second-order valence-corrected chi connectivity index (χ2v) is 8.42. The van der Waals surface area contributed by atoms with Gasteiger partial charge >= 0.3 is 0 Å². The Morgan fingerprint density at radius 2 is 1.69 bits per heavy atom. The molecule has 2 aromatic rings. The standard InChI is InChI=1S/C27H41NO/c1-4-6-7-8-11-16-24-19-20-28-26(22-24)25-17-12-13-18-27(25)29-21-14-9-10-15-23(3)5-2/h12-13,17-20,22-23H,4-11,14-16,21H2,1-3H3. The lowest BCUT2D eigenvalue weighted by molar-refractivity contribution is 0.303. The van der Waals surface area contributed by atoms with E-state index in [1.54, 1.807) is 0 Å². The second-order valence-electron chi connectivity index (χ2n) is 8.42. The van der Waals surface area contributed by atoms with E-state index in [1.165, 1.54) is 63.4 Å². The summed E-state index contributed by atoms with van der Waals surface area (Å²) in [5.41, 5.74) is 3.52. The molecule has 1 heterocycles. The monoisotopic (exact) mass is 395 g/mol. The third-order valence-electron chi connectivity index (χ3n) is 5.85. The molecule has 0 aliphatic carbocycles. The molecule has 1 aromatic heterocycles. The van der Waals surface area contributed by atoms with Crippen LogP contribution in [0.3, 0.4) is 0 Å². The summed E-state index contributed by atoms with van der Waals surface area (Å²) in [7, 11) is 0. The fourth-order valence-electron chi connectivity index (χ4n) is 3.67. The van der Waals surface area contributed by atoms with E-state index >= 15 is 0 Å². The SMILES string of the molecule is CCCCCCCc1ccnc(-c2ccccc2OCCCCCC(C)CC)c1. The van der Waals surface area contributed by atoms with Crippen LogP contribution in [0.15, 0.2) is 42.6 Å². The normalized spacial score (nSPS) is 12.1. The third kappa shape index (κ3) is 9.02. The summed E-state index contributed by atoms with van der Waals surface area (Å²) in [4.78, 5) is 4.63. The molecule has 0 bridgehead atoms. The Morgan fingerprint density at radius 3 is 2.52 bits per heavy atom. The fourth-order valence-corrected chi connectivity index (χ4v) is 3.67. The summed E-state index contributed by atoms with van der Waals surface area (Å²) in [5, 5.41) is 0. The number of hydrogen-bond donors (Lipinski definition) is 0. The van der Waals surface area contributed by atoms with Gasteiger partial charge in [0.2, 0.25) is 0 Å². The highest BCUT2D eigenvalue weighted by Crippen LogP contribution is 2.29. The average molecular weight is 396 g/mol. The van der Waals surface area contributed by atoms with Gasteiger partial charge in [0, 0.05) is 11.8 Å². The number of benzene rings is 1. The summed E-state index contributed by atoms with van der Waals surface area (Å²) < 4.78 is 6.15. The zero-order valence-corrected chi connectivity index (χ0v) is 19.0. The number of pyridine rings is 1. The number of ether oxygens (including phenoxy) is 1. The predicted octanol–water partition coefficient (Wildman–Crippen LogP) is 8.25. The van der Waals surface area contributed by atoms with Gasteiger partial charge in [-0.15, -0.1) is 0 Å². The molecule has 0 fully saturated rings. The molecule has 0 N–H and O–H groups in total. The highest BCUT2D eigenvalue weighted by Gasteiger charge is 2.08. The van der Waals surface area contributed by atoms with Crippen molar-refractivity contribution < 1.29 is 4.74 Å². The van der Waals surface area contributed by atoms with Crippen LogP contribution >= 0.6 is 0 Å². The van der Waals surface area contributed by atoms with E-state index in [1.807, 2.05) is 6.20 Å². The van der Waals surface area contributed by atoms with Gasteiger partial charge in [-0.3, -0.25) is 4.98 Å². The van der Waals surface area contributed by atoms with Crippen LogP contribution in [-0.2, 0) is 6.42 Å². The Bertz CT molecular complexity index is 682. The molecule has 0 aliphatic heterocycles. The van der Waals surface area contributed by atoms with Crippen LogP contribution in [0.4, 0.5) is 0 Å². The average Bonchev–Trinajstić information content (AvgIpc) is 2.76. The summed E-state index contributed by atoms with van der Waals surface area (Å²) in [6.45, 7) is 7.68. The molecule has 2 nitrogen and oxygen atoms in total. The summed E-state index contributed by atoms with van der Waals surface area (Å²) in [6.07, 6.45) is 16.0. The largest absolute Gasteiger partial charge is 0.493 e. The first-order valence-electron chi connectivity index (χ1n) is 11.9. The van der Waals surface area contributed by atoms with Gasteiger partial charge in [0.25, 0.3) is 0 Å². The molecule has 0 radical (unpaired) electrons. The molecule has 0 amide bonds. The maximum atomic E-state index is 6.15. The number of nitrogens with zero attached hydrogens (tertiary/aromatic N) is 1. The van der Waals surface area contributed by atoms with Crippen molar-refractivity contribution in [3.05, 3.63) is 48.2 Å². The maximum Gasteiger partial charge on any atom is 0.128 e. The highest BCUT2D eigenvalue weighted by atomic mass is 16.5. The van der Waals surface area contributed by atoms with Gasteiger partial charge < -0.3 is 4.74 Å². The van der Waals surface area contributed by atoms with Crippen molar-refractivity contribution >= 4 is 0 Å². The van der Waals surface area contributed by atoms with E-state index in [0.717, 1.165) is 42.4 Å². The number of unbranched alkanes of at least 4 members (excludes halogenated alkanes) is 6. The molecular weight excluding hydrogens is 354 g/mol. The lowest BCUT2D eigenvalue weighted by Crippen LogP contribution is -2.00. The number of rotatable bonds is 15. The molecule has 1 unspecified atom stereocenters. The van der Waals surface area contributed by atoms with E-state index in [0.29, 0.717) is 0 Å². The van der Waals surface area contributed by atoms with Crippen LogP contribution in [0, 0.1) is 5.92 Å². The van der Waals surface area contributed by atoms with Crippen molar-refractivity contribution in [3.63, 3.8) is 0 Å². The van der Waals surface area contributed by atoms with Gasteiger partial charge in [-0.2, -0.15) is 0 Å². The zero-order chi connectivity index (χ0) is 20.7. The van der Waals surface area contributed by atoms with E-state index < -0.39 is 0 Å². The van der Waals surface area contributed by atoms with E-state index in [9.17, 15) is 0 Å². The summed E-state index contributed by atoms with van der Waals surface area (Å²) in [5.74, 6) is 1.81. The first-order valence-corrected chi connectivity index (χ1v) is 11.9. The smallest absolute Gasteiger partial charge is 0.128 e. The molecule has 160 valence electrons. The number of aromatic nitrogens is 1. The lowest BCUT2D eigenvalue weighted by Gasteiger charge is -2.12. The Hall–Kier alpha value is -1.83. The van der Waals surface area contributed by atoms with Crippen LogP contribution in [-0.4, -0.2) is 11.6 Å². The van der Waals surface area contributed by atoms with E-state index in [-0.39, 0.29) is 0 Å².